The van der Waals surface area contributed by atoms with Crippen molar-refractivity contribution in [3.63, 3.8) is 0 Å². The van der Waals surface area contributed by atoms with Crippen molar-refractivity contribution < 1.29 is 0 Å². The number of hydrogen-bond donors (Lipinski definition) is 1. The second-order valence-corrected chi connectivity index (χ2v) is 5.02. The molecule has 0 atom stereocenters. The van der Waals surface area contributed by atoms with Gasteiger partial charge < -0.3 is 5.32 Å². The second kappa shape index (κ2) is 5.54. The van der Waals surface area contributed by atoms with Gasteiger partial charge in [-0.15, -0.1) is 0 Å². The van der Waals surface area contributed by atoms with Crippen LogP contribution < -0.4 is 10.9 Å². The summed E-state index contributed by atoms with van der Waals surface area (Å²) in [6.07, 6.45) is 3.31. The molecule has 3 aromatic rings. The third-order valence-electron chi connectivity index (χ3n) is 3.26. The van der Waals surface area contributed by atoms with Gasteiger partial charge in [-0.2, -0.15) is 5.10 Å². The molecule has 0 bridgehead atoms. The van der Waals surface area contributed by atoms with Gasteiger partial charge in [-0.3, -0.25) is 9.78 Å². The molecular formula is C15H13ClN4O. The number of aromatic nitrogens is 3. The van der Waals surface area contributed by atoms with Gasteiger partial charge in [-0.05, 0) is 11.6 Å². The fraction of sp³-hybridized carbons (Fsp3) is 0.133. The monoisotopic (exact) mass is 300 g/mol. The quantitative estimate of drug-likeness (QED) is 0.808. The first-order chi connectivity index (χ1) is 10.2. The molecule has 0 saturated carbocycles. The SMILES string of the molecule is Cn1ncc(NCc2cccc3cccnc23)c(Cl)c1=O. The minimum Gasteiger partial charge on any atom is -0.378 e. The summed E-state index contributed by atoms with van der Waals surface area (Å²) < 4.78 is 1.20. The van der Waals surface area contributed by atoms with E-state index in [1.807, 2.05) is 30.3 Å². The Bertz CT molecular complexity index is 854. The van der Waals surface area contributed by atoms with E-state index in [9.17, 15) is 4.79 Å². The molecule has 2 aromatic heterocycles. The summed E-state index contributed by atoms with van der Waals surface area (Å²) in [5.74, 6) is 0. The molecule has 0 aliphatic carbocycles. The normalized spacial score (nSPS) is 10.8. The molecule has 0 fully saturated rings. The molecule has 1 aromatic carbocycles. The molecule has 3 rings (SSSR count). The number of benzene rings is 1. The highest BCUT2D eigenvalue weighted by molar-refractivity contribution is 6.32. The summed E-state index contributed by atoms with van der Waals surface area (Å²) >= 11 is 6.03. The summed E-state index contributed by atoms with van der Waals surface area (Å²) in [5, 5.41) is 8.31. The summed E-state index contributed by atoms with van der Waals surface area (Å²) in [5.41, 5.74) is 2.16. The van der Waals surface area contributed by atoms with Crippen LogP contribution in [0.5, 0.6) is 0 Å². The molecule has 0 radical (unpaired) electrons. The van der Waals surface area contributed by atoms with Gasteiger partial charge in [-0.25, -0.2) is 4.68 Å². The van der Waals surface area contributed by atoms with Crippen LogP contribution in [0.4, 0.5) is 5.69 Å². The van der Waals surface area contributed by atoms with Gasteiger partial charge in [0.2, 0.25) is 0 Å². The number of nitrogens with zero attached hydrogens (tertiary/aromatic N) is 3. The lowest BCUT2D eigenvalue weighted by Gasteiger charge is -2.10. The Balaban J connectivity index is 1.91. The topological polar surface area (TPSA) is 59.8 Å². The number of aryl methyl sites for hydroxylation is 1. The van der Waals surface area contributed by atoms with E-state index in [1.54, 1.807) is 19.4 Å². The Hall–Kier alpha value is -2.40. The van der Waals surface area contributed by atoms with E-state index >= 15 is 0 Å². The molecular weight excluding hydrogens is 288 g/mol. The van der Waals surface area contributed by atoms with E-state index in [0.717, 1.165) is 16.5 Å². The van der Waals surface area contributed by atoms with Gasteiger partial charge in [0.1, 0.15) is 5.02 Å². The van der Waals surface area contributed by atoms with Crippen LogP contribution in [0, 0.1) is 0 Å². The molecule has 0 aliphatic heterocycles. The molecule has 21 heavy (non-hydrogen) atoms. The van der Waals surface area contributed by atoms with Crippen LogP contribution in [-0.4, -0.2) is 14.8 Å². The lowest BCUT2D eigenvalue weighted by molar-refractivity contribution is 0.708. The minimum absolute atomic E-state index is 0.140. The van der Waals surface area contributed by atoms with Crippen molar-refractivity contribution in [2.75, 3.05) is 5.32 Å². The van der Waals surface area contributed by atoms with Crippen LogP contribution >= 0.6 is 11.6 Å². The van der Waals surface area contributed by atoms with E-state index in [2.05, 4.69) is 15.4 Å². The highest BCUT2D eigenvalue weighted by Crippen LogP contribution is 2.19. The van der Waals surface area contributed by atoms with Gasteiger partial charge in [0.15, 0.2) is 0 Å². The Morgan fingerprint density at radius 1 is 1.29 bits per heavy atom. The Labute approximate surface area is 126 Å². The number of halogens is 1. The molecule has 0 aliphatic rings. The van der Waals surface area contributed by atoms with Crippen molar-refractivity contribution >= 4 is 28.2 Å². The van der Waals surface area contributed by atoms with Crippen molar-refractivity contribution in [2.24, 2.45) is 7.05 Å². The third-order valence-corrected chi connectivity index (χ3v) is 3.63. The van der Waals surface area contributed by atoms with Crippen molar-refractivity contribution in [3.8, 4) is 0 Å². The Morgan fingerprint density at radius 2 is 2.10 bits per heavy atom. The molecule has 0 saturated heterocycles. The molecule has 2 heterocycles. The van der Waals surface area contributed by atoms with Crippen LogP contribution in [0.25, 0.3) is 10.9 Å². The Kier molecular flexibility index (Phi) is 3.58. The smallest absolute Gasteiger partial charge is 0.287 e. The summed E-state index contributed by atoms with van der Waals surface area (Å²) in [4.78, 5) is 16.1. The zero-order valence-corrected chi connectivity index (χ0v) is 12.1. The molecule has 0 unspecified atom stereocenters. The standard InChI is InChI=1S/C15H13ClN4O/c1-20-15(21)13(16)12(9-19-20)18-8-11-5-2-4-10-6-3-7-17-14(10)11/h2-7,9,18H,8H2,1H3. The highest BCUT2D eigenvalue weighted by atomic mass is 35.5. The number of hydrogen-bond acceptors (Lipinski definition) is 4. The average Bonchev–Trinajstić information content (AvgIpc) is 2.52. The van der Waals surface area contributed by atoms with Gasteiger partial charge >= 0.3 is 0 Å². The number of pyridine rings is 1. The third kappa shape index (κ3) is 2.60. The van der Waals surface area contributed by atoms with Crippen LogP contribution in [0.2, 0.25) is 5.02 Å². The van der Waals surface area contributed by atoms with Gasteiger partial charge in [-0.1, -0.05) is 35.9 Å². The zero-order chi connectivity index (χ0) is 14.8. The molecule has 6 heteroatoms. The van der Waals surface area contributed by atoms with E-state index in [-0.39, 0.29) is 10.6 Å². The average molecular weight is 301 g/mol. The van der Waals surface area contributed by atoms with E-state index in [1.165, 1.54) is 4.68 Å². The lowest BCUT2D eigenvalue weighted by atomic mass is 10.1. The first-order valence-electron chi connectivity index (χ1n) is 6.45. The van der Waals surface area contributed by atoms with Gasteiger partial charge in [0.25, 0.3) is 5.56 Å². The zero-order valence-electron chi connectivity index (χ0n) is 11.4. The van der Waals surface area contributed by atoms with E-state index in [0.29, 0.717) is 12.2 Å². The maximum Gasteiger partial charge on any atom is 0.287 e. The fourth-order valence-electron chi connectivity index (χ4n) is 2.13. The minimum atomic E-state index is -0.322. The molecule has 1 N–H and O–H groups in total. The number of fused-ring (bicyclic) bond motifs is 1. The van der Waals surface area contributed by atoms with Gasteiger partial charge in [0.05, 0.1) is 17.4 Å². The molecule has 5 nitrogen and oxygen atoms in total. The van der Waals surface area contributed by atoms with Crippen molar-refractivity contribution in [3.05, 3.63) is 63.7 Å². The molecule has 0 spiro atoms. The molecule has 0 amide bonds. The maximum atomic E-state index is 11.7. The largest absolute Gasteiger partial charge is 0.378 e. The Morgan fingerprint density at radius 3 is 2.95 bits per heavy atom. The van der Waals surface area contributed by atoms with Crippen LogP contribution in [0.3, 0.4) is 0 Å². The predicted molar refractivity (Wildman–Crippen MR) is 83.6 cm³/mol. The first kappa shape index (κ1) is 13.6. The molecule has 106 valence electrons. The van der Waals surface area contributed by atoms with Crippen LogP contribution in [0.1, 0.15) is 5.56 Å². The summed E-state index contributed by atoms with van der Waals surface area (Å²) in [7, 11) is 1.56. The van der Waals surface area contributed by atoms with E-state index in [4.69, 9.17) is 11.6 Å². The number of anilines is 1. The van der Waals surface area contributed by atoms with Crippen molar-refractivity contribution in [1.82, 2.24) is 14.8 Å². The maximum absolute atomic E-state index is 11.7. The van der Waals surface area contributed by atoms with Crippen molar-refractivity contribution in [1.29, 1.82) is 0 Å². The number of nitrogens with one attached hydrogen (secondary N) is 1. The predicted octanol–water partition coefficient (Wildman–Crippen LogP) is 2.59. The lowest BCUT2D eigenvalue weighted by Crippen LogP contribution is -2.21. The van der Waals surface area contributed by atoms with Gasteiger partial charge in [0, 0.05) is 25.2 Å². The summed E-state index contributed by atoms with van der Waals surface area (Å²) in [6.45, 7) is 0.517. The van der Waals surface area contributed by atoms with Crippen LogP contribution in [0.15, 0.2) is 47.5 Å². The second-order valence-electron chi connectivity index (χ2n) is 4.65. The first-order valence-corrected chi connectivity index (χ1v) is 6.83. The fourth-order valence-corrected chi connectivity index (χ4v) is 2.37. The van der Waals surface area contributed by atoms with Crippen LogP contribution in [-0.2, 0) is 13.6 Å². The number of rotatable bonds is 3. The number of para-hydroxylation sites is 1. The highest BCUT2D eigenvalue weighted by Gasteiger charge is 2.08. The van der Waals surface area contributed by atoms with Crippen molar-refractivity contribution in [2.45, 2.75) is 6.54 Å². The summed E-state index contributed by atoms with van der Waals surface area (Å²) in [6, 6.07) is 9.90. The van der Waals surface area contributed by atoms with E-state index < -0.39 is 0 Å².